The zero-order chi connectivity index (χ0) is 6.62. The Labute approximate surface area is 54.8 Å². The summed E-state index contributed by atoms with van der Waals surface area (Å²) in [5.74, 6) is 0.913. The largest absolute Gasteiger partial charge is 0.303 e. The summed E-state index contributed by atoms with van der Waals surface area (Å²) in [5.41, 5.74) is -0.126. The van der Waals surface area contributed by atoms with Crippen LogP contribution in [0.2, 0.25) is 0 Å². The van der Waals surface area contributed by atoms with E-state index < -0.39 is 0 Å². The van der Waals surface area contributed by atoms with Crippen LogP contribution in [0.5, 0.6) is 0 Å². The van der Waals surface area contributed by atoms with Crippen LogP contribution in [-0.2, 0) is 4.79 Å². The smallest absolute Gasteiger partial charge is 0.126 e. The van der Waals surface area contributed by atoms with Crippen molar-refractivity contribution in [3.63, 3.8) is 0 Å². The molecule has 0 aliphatic carbocycles. The van der Waals surface area contributed by atoms with E-state index in [2.05, 4.69) is 0 Å². The molecule has 0 unspecified atom stereocenters. The molecule has 2 heteroatoms. The maximum absolute atomic E-state index is 10.2. The predicted octanol–water partition coefficient (Wildman–Crippen LogP) is 1.57. The van der Waals surface area contributed by atoms with Gasteiger partial charge in [0.1, 0.15) is 6.29 Å². The normalized spacial score (nSPS) is 11.4. The van der Waals surface area contributed by atoms with E-state index in [9.17, 15) is 4.79 Å². The summed E-state index contributed by atoms with van der Waals surface area (Å²) in [7, 11) is 0. The monoisotopic (exact) mass is 132 g/mol. The number of thioether (sulfide) groups is 1. The van der Waals surface area contributed by atoms with Gasteiger partial charge in [-0.05, 0) is 6.26 Å². The third kappa shape index (κ3) is 3.08. The number of carbonyl (C=O) groups is 1. The minimum Gasteiger partial charge on any atom is -0.303 e. The second-order valence-corrected chi connectivity index (χ2v) is 3.41. The van der Waals surface area contributed by atoms with Gasteiger partial charge in [0.2, 0.25) is 0 Å². The molecule has 0 amide bonds. The van der Waals surface area contributed by atoms with E-state index >= 15 is 0 Å². The molecule has 0 aromatic carbocycles. The zero-order valence-corrected chi connectivity index (χ0v) is 6.42. The van der Waals surface area contributed by atoms with Crippen LogP contribution in [-0.4, -0.2) is 18.3 Å². The summed E-state index contributed by atoms with van der Waals surface area (Å²) in [4.78, 5) is 10.2. The van der Waals surface area contributed by atoms with Crippen molar-refractivity contribution in [1.82, 2.24) is 0 Å². The molecule has 0 spiro atoms. The summed E-state index contributed by atoms with van der Waals surface area (Å²) in [6.45, 7) is 3.88. The Kier molecular flexibility index (Phi) is 3.13. The van der Waals surface area contributed by atoms with Crippen molar-refractivity contribution in [2.24, 2.45) is 5.41 Å². The van der Waals surface area contributed by atoms with Crippen LogP contribution < -0.4 is 0 Å². The summed E-state index contributed by atoms with van der Waals surface area (Å²) < 4.78 is 0. The molecule has 0 radical (unpaired) electrons. The lowest BCUT2D eigenvalue weighted by Gasteiger charge is -2.12. The molecule has 1 nitrogen and oxygen atoms in total. The standard InChI is InChI=1S/C6H12OS/c1-6(2,4-7)5-8-3/h4H,5H2,1-3H3. The van der Waals surface area contributed by atoms with Gasteiger partial charge in [0, 0.05) is 11.2 Å². The van der Waals surface area contributed by atoms with Gasteiger partial charge in [-0.1, -0.05) is 13.8 Å². The van der Waals surface area contributed by atoms with Gasteiger partial charge in [-0.2, -0.15) is 11.8 Å². The first-order chi connectivity index (χ1) is 3.62. The lowest BCUT2D eigenvalue weighted by atomic mass is 10.00. The fourth-order valence-corrected chi connectivity index (χ4v) is 1.22. The van der Waals surface area contributed by atoms with Gasteiger partial charge in [-0.25, -0.2) is 0 Å². The molecule has 0 heterocycles. The van der Waals surface area contributed by atoms with Crippen LogP contribution >= 0.6 is 11.8 Å². The Morgan fingerprint density at radius 2 is 2.12 bits per heavy atom. The molecular weight excluding hydrogens is 120 g/mol. The Morgan fingerprint density at radius 3 is 2.25 bits per heavy atom. The van der Waals surface area contributed by atoms with Crippen LogP contribution in [0.4, 0.5) is 0 Å². The number of aldehydes is 1. The van der Waals surface area contributed by atoms with E-state index in [4.69, 9.17) is 0 Å². The van der Waals surface area contributed by atoms with Gasteiger partial charge in [0.25, 0.3) is 0 Å². The molecule has 0 aliphatic rings. The Balaban J connectivity index is 3.53. The zero-order valence-electron chi connectivity index (χ0n) is 5.60. The highest BCUT2D eigenvalue weighted by Gasteiger charge is 2.14. The third-order valence-corrected chi connectivity index (χ3v) is 1.87. The summed E-state index contributed by atoms with van der Waals surface area (Å²) in [5, 5.41) is 0. The van der Waals surface area contributed by atoms with Gasteiger partial charge in [-0.3, -0.25) is 0 Å². The fourth-order valence-electron chi connectivity index (χ4n) is 0.406. The van der Waals surface area contributed by atoms with E-state index in [0.717, 1.165) is 12.0 Å². The summed E-state index contributed by atoms with van der Waals surface area (Å²) in [6, 6.07) is 0. The average Bonchev–Trinajstić information content (AvgIpc) is 1.67. The fraction of sp³-hybridized carbons (Fsp3) is 0.833. The van der Waals surface area contributed by atoms with Crippen molar-refractivity contribution >= 4 is 18.0 Å². The summed E-state index contributed by atoms with van der Waals surface area (Å²) in [6.07, 6.45) is 3.01. The van der Waals surface area contributed by atoms with E-state index in [1.807, 2.05) is 20.1 Å². The van der Waals surface area contributed by atoms with Crippen LogP contribution in [0.3, 0.4) is 0 Å². The van der Waals surface area contributed by atoms with Crippen LogP contribution in [0.25, 0.3) is 0 Å². The minimum absolute atomic E-state index is 0.126. The molecule has 48 valence electrons. The van der Waals surface area contributed by atoms with Crippen LogP contribution in [0.15, 0.2) is 0 Å². The molecule has 0 saturated carbocycles. The third-order valence-electron chi connectivity index (χ3n) is 0.835. The lowest BCUT2D eigenvalue weighted by molar-refractivity contribution is -0.113. The Hall–Kier alpha value is 0.0200. The number of hydrogen-bond acceptors (Lipinski definition) is 2. The molecule has 8 heavy (non-hydrogen) atoms. The molecule has 0 aliphatic heterocycles. The molecule has 0 fully saturated rings. The maximum Gasteiger partial charge on any atom is 0.126 e. The second kappa shape index (κ2) is 3.13. The van der Waals surface area contributed by atoms with Crippen molar-refractivity contribution in [2.75, 3.05) is 12.0 Å². The molecular formula is C6H12OS. The van der Waals surface area contributed by atoms with Crippen LogP contribution in [0, 0.1) is 5.41 Å². The molecule has 0 bridgehead atoms. The average molecular weight is 132 g/mol. The first kappa shape index (κ1) is 8.02. The Bertz CT molecular complexity index is 78.6. The van der Waals surface area contributed by atoms with Crippen molar-refractivity contribution in [3.8, 4) is 0 Å². The van der Waals surface area contributed by atoms with Crippen LogP contribution in [0.1, 0.15) is 13.8 Å². The van der Waals surface area contributed by atoms with E-state index in [0.29, 0.717) is 0 Å². The van der Waals surface area contributed by atoms with Crippen molar-refractivity contribution < 1.29 is 4.79 Å². The number of carbonyl (C=O) groups excluding carboxylic acids is 1. The lowest BCUT2D eigenvalue weighted by Crippen LogP contribution is -2.15. The molecule has 0 rings (SSSR count). The first-order valence-corrected chi connectivity index (χ1v) is 3.97. The minimum atomic E-state index is -0.126. The predicted molar refractivity (Wildman–Crippen MR) is 38.2 cm³/mol. The molecule has 0 aromatic heterocycles. The Morgan fingerprint density at radius 1 is 1.62 bits per heavy atom. The molecule has 0 saturated heterocycles. The highest BCUT2D eigenvalue weighted by atomic mass is 32.2. The van der Waals surface area contributed by atoms with Gasteiger partial charge < -0.3 is 4.79 Å². The number of rotatable bonds is 3. The van der Waals surface area contributed by atoms with Gasteiger partial charge >= 0.3 is 0 Å². The van der Waals surface area contributed by atoms with Gasteiger partial charge in [-0.15, -0.1) is 0 Å². The van der Waals surface area contributed by atoms with Gasteiger partial charge in [0.15, 0.2) is 0 Å². The molecule has 0 atom stereocenters. The first-order valence-electron chi connectivity index (χ1n) is 2.57. The van der Waals surface area contributed by atoms with E-state index in [1.165, 1.54) is 0 Å². The van der Waals surface area contributed by atoms with E-state index in [-0.39, 0.29) is 5.41 Å². The molecule has 0 N–H and O–H groups in total. The van der Waals surface area contributed by atoms with Crippen molar-refractivity contribution in [2.45, 2.75) is 13.8 Å². The molecule has 0 aromatic rings. The second-order valence-electron chi connectivity index (χ2n) is 2.54. The highest BCUT2D eigenvalue weighted by Crippen LogP contribution is 2.15. The highest BCUT2D eigenvalue weighted by molar-refractivity contribution is 7.98. The van der Waals surface area contributed by atoms with E-state index in [1.54, 1.807) is 11.8 Å². The topological polar surface area (TPSA) is 17.1 Å². The summed E-state index contributed by atoms with van der Waals surface area (Å²) >= 11 is 1.70. The van der Waals surface area contributed by atoms with Crippen molar-refractivity contribution in [3.05, 3.63) is 0 Å². The van der Waals surface area contributed by atoms with Crippen molar-refractivity contribution in [1.29, 1.82) is 0 Å². The van der Waals surface area contributed by atoms with Gasteiger partial charge in [0.05, 0.1) is 0 Å². The SMILES string of the molecule is CSCC(C)(C)C=O. The maximum atomic E-state index is 10.2. The number of hydrogen-bond donors (Lipinski definition) is 0. The quantitative estimate of drug-likeness (QED) is 0.542.